The van der Waals surface area contributed by atoms with Crippen LogP contribution in [-0.4, -0.2) is 72.7 Å². The third-order valence-corrected chi connectivity index (χ3v) is 5.88. The van der Waals surface area contributed by atoms with E-state index in [-0.39, 0.29) is 25.3 Å². The van der Waals surface area contributed by atoms with Crippen LogP contribution in [0.2, 0.25) is 0 Å². The SMILES string of the molecule is CC(C)CCC(Cc1c[nH]c2ccccc12)NOCNC(=N)N1CCN(CC(F)F)CC1. The zero-order chi connectivity index (χ0) is 22.9. The summed E-state index contributed by atoms with van der Waals surface area (Å²) >= 11 is 0. The highest BCUT2D eigenvalue weighted by molar-refractivity contribution is 5.83. The van der Waals surface area contributed by atoms with Crippen LogP contribution in [0.5, 0.6) is 0 Å². The van der Waals surface area contributed by atoms with E-state index in [4.69, 9.17) is 10.2 Å². The zero-order valence-corrected chi connectivity index (χ0v) is 19.0. The Kier molecular flexibility index (Phi) is 9.25. The molecule has 178 valence electrons. The maximum atomic E-state index is 12.5. The van der Waals surface area contributed by atoms with Gasteiger partial charge in [0.15, 0.2) is 5.96 Å². The van der Waals surface area contributed by atoms with Gasteiger partial charge in [-0.1, -0.05) is 32.0 Å². The summed E-state index contributed by atoms with van der Waals surface area (Å²) in [6.45, 7) is 6.59. The molecular formula is C23H36F2N6O. The third-order valence-electron chi connectivity index (χ3n) is 5.88. The van der Waals surface area contributed by atoms with Crippen molar-refractivity contribution in [1.82, 2.24) is 25.6 Å². The summed E-state index contributed by atoms with van der Waals surface area (Å²) in [5.74, 6) is 0.871. The van der Waals surface area contributed by atoms with Gasteiger partial charge in [0.25, 0.3) is 6.43 Å². The number of hydrogen-bond donors (Lipinski definition) is 4. The van der Waals surface area contributed by atoms with Crippen LogP contribution in [0.15, 0.2) is 30.5 Å². The monoisotopic (exact) mass is 450 g/mol. The Hall–Kier alpha value is -2.23. The lowest BCUT2D eigenvalue weighted by Crippen LogP contribution is -2.53. The molecule has 7 nitrogen and oxygen atoms in total. The van der Waals surface area contributed by atoms with Gasteiger partial charge in [-0.15, -0.1) is 0 Å². The molecule has 1 aromatic carbocycles. The Morgan fingerprint density at radius 2 is 1.91 bits per heavy atom. The molecule has 2 heterocycles. The molecular weight excluding hydrogens is 414 g/mol. The van der Waals surface area contributed by atoms with E-state index in [2.05, 4.69) is 54.0 Å². The van der Waals surface area contributed by atoms with Crippen molar-refractivity contribution in [3.05, 3.63) is 36.0 Å². The molecule has 1 unspecified atom stereocenters. The number of halogens is 2. The maximum absolute atomic E-state index is 12.5. The first-order valence-electron chi connectivity index (χ1n) is 11.4. The number of alkyl halides is 2. The van der Waals surface area contributed by atoms with Crippen molar-refractivity contribution >= 4 is 16.9 Å². The number of H-pyrrole nitrogens is 1. The molecule has 1 fully saturated rings. The van der Waals surface area contributed by atoms with E-state index in [9.17, 15) is 8.78 Å². The number of fused-ring (bicyclic) bond motifs is 1. The number of hydroxylamine groups is 1. The first-order valence-corrected chi connectivity index (χ1v) is 11.4. The maximum Gasteiger partial charge on any atom is 0.251 e. The Balaban J connectivity index is 1.43. The van der Waals surface area contributed by atoms with Gasteiger partial charge in [0.05, 0.1) is 6.54 Å². The molecule has 32 heavy (non-hydrogen) atoms. The highest BCUT2D eigenvalue weighted by Crippen LogP contribution is 2.21. The number of guanidine groups is 1. The second-order valence-electron chi connectivity index (χ2n) is 8.84. The average Bonchev–Trinajstić information content (AvgIpc) is 3.17. The van der Waals surface area contributed by atoms with E-state index in [0.29, 0.717) is 32.1 Å². The van der Waals surface area contributed by atoms with E-state index in [1.54, 1.807) is 4.90 Å². The molecule has 0 bridgehead atoms. The molecule has 3 rings (SSSR count). The third kappa shape index (κ3) is 7.43. The molecule has 1 aliphatic heterocycles. The highest BCUT2D eigenvalue weighted by Gasteiger charge is 2.21. The van der Waals surface area contributed by atoms with Crippen molar-refractivity contribution in [1.29, 1.82) is 5.41 Å². The van der Waals surface area contributed by atoms with E-state index < -0.39 is 6.43 Å². The summed E-state index contributed by atoms with van der Waals surface area (Å²) in [5.41, 5.74) is 5.57. The lowest BCUT2D eigenvalue weighted by molar-refractivity contribution is 0.00720. The lowest BCUT2D eigenvalue weighted by Gasteiger charge is -2.35. The normalized spacial score (nSPS) is 16.2. The van der Waals surface area contributed by atoms with E-state index in [0.717, 1.165) is 24.8 Å². The molecule has 1 aromatic heterocycles. The fraction of sp³-hybridized carbons (Fsp3) is 0.609. The predicted molar refractivity (Wildman–Crippen MR) is 124 cm³/mol. The van der Waals surface area contributed by atoms with Crippen LogP contribution in [0.3, 0.4) is 0 Å². The molecule has 0 radical (unpaired) electrons. The van der Waals surface area contributed by atoms with Gasteiger partial charge in [-0.25, -0.2) is 8.78 Å². The molecule has 0 amide bonds. The van der Waals surface area contributed by atoms with Gasteiger partial charge in [-0.3, -0.25) is 15.1 Å². The van der Waals surface area contributed by atoms with E-state index >= 15 is 0 Å². The van der Waals surface area contributed by atoms with Crippen molar-refractivity contribution in [3.63, 3.8) is 0 Å². The van der Waals surface area contributed by atoms with Crippen LogP contribution in [-0.2, 0) is 11.3 Å². The fourth-order valence-electron chi connectivity index (χ4n) is 4.03. The summed E-state index contributed by atoms with van der Waals surface area (Å²) in [5, 5.41) is 12.4. The van der Waals surface area contributed by atoms with Gasteiger partial charge in [0, 0.05) is 49.3 Å². The number of rotatable bonds is 11. The van der Waals surface area contributed by atoms with E-state index in [1.165, 1.54) is 10.9 Å². The van der Waals surface area contributed by atoms with Crippen LogP contribution in [0, 0.1) is 11.3 Å². The Bertz CT molecular complexity index is 835. The second-order valence-corrected chi connectivity index (χ2v) is 8.84. The van der Waals surface area contributed by atoms with Crippen molar-refractivity contribution in [3.8, 4) is 0 Å². The fourth-order valence-corrected chi connectivity index (χ4v) is 4.03. The number of benzene rings is 1. The molecule has 2 aromatic rings. The first kappa shape index (κ1) is 24.4. The van der Waals surface area contributed by atoms with Gasteiger partial charge in [-0.2, -0.15) is 5.48 Å². The zero-order valence-electron chi connectivity index (χ0n) is 19.0. The first-order chi connectivity index (χ1) is 15.4. The number of piperazine rings is 1. The van der Waals surface area contributed by atoms with Gasteiger partial charge in [0.2, 0.25) is 0 Å². The summed E-state index contributed by atoms with van der Waals surface area (Å²) in [7, 11) is 0. The minimum Gasteiger partial charge on any atom is -0.361 e. The van der Waals surface area contributed by atoms with Crippen LogP contribution in [0.1, 0.15) is 32.3 Å². The Labute approximate surface area is 188 Å². The Morgan fingerprint density at radius 1 is 1.16 bits per heavy atom. The molecule has 9 heteroatoms. The van der Waals surface area contributed by atoms with Crippen LogP contribution < -0.4 is 10.8 Å². The van der Waals surface area contributed by atoms with Gasteiger partial charge in [0.1, 0.15) is 6.73 Å². The van der Waals surface area contributed by atoms with Crippen molar-refractivity contribution in [2.45, 2.75) is 45.6 Å². The standard InChI is InChI=1S/C23H36F2N6O/c1-17(2)7-8-19(13-18-14-27-21-6-4-3-5-20(18)21)29-32-16-28-23(26)31-11-9-30(10-12-31)15-22(24)25/h3-6,14,17,19,22,27,29H,7-13,15-16H2,1-2H3,(H2,26,28). The van der Waals surface area contributed by atoms with Crippen molar-refractivity contribution in [2.24, 2.45) is 5.92 Å². The average molecular weight is 451 g/mol. The highest BCUT2D eigenvalue weighted by atomic mass is 19.3. The minimum atomic E-state index is -2.31. The van der Waals surface area contributed by atoms with Gasteiger partial charge >= 0.3 is 0 Å². The minimum absolute atomic E-state index is 0.158. The second kappa shape index (κ2) is 12.1. The molecule has 0 spiro atoms. The van der Waals surface area contributed by atoms with Crippen molar-refractivity contribution < 1.29 is 13.6 Å². The predicted octanol–water partition coefficient (Wildman–Crippen LogP) is 3.40. The number of nitrogens with zero attached hydrogens (tertiary/aromatic N) is 2. The number of nitrogens with one attached hydrogen (secondary N) is 4. The molecule has 4 N–H and O–H groups in total. The number of aromatic amines is 1. The molecule has 1 aliphatic rings. The van der Waals surface area contributed by atoms with Crippen LogP contribution in [0.25, 0.3) is 10.9 Å². The quantitative estimate of drug-likeness (QED) is 0.139. The largest absolute Gasteiger partial charge is 0.361 e. The van der Waals surface area contributed by atoms with Crippen molar-refractivity contribution in [2.75, 3.05) is 39.5 Å². The summed E-state index contributed by atoms with van der Waals surface area (Å²) < 4.78 is 25.0. The molecule has 1 atom stereocenters. The topological polar surface area (TPSA) is 79.4 Å². The molecule has 0 aliphatic carbocycles. The number of para-hydroxylation sites is 1. The summed E-state index contributed by atoms with van der Waals surface area (Å²) in [6.07, 6.45) is 2.68. The molecule has 0 saturated carbocycles. The summed E-state index contributed by atoms with van der Waals surface area (Å²) in [4.78, 5) is 12.6. The number of hydrogen-bond acceptors (Lipinski definition) is 4. The summed E-state index contributed by atoms with van der Waals surface area (Å²) in [6, 6.07) is 8.44. The van der Waals surface area contributed by atoms with Gasteiger partial charge in [-0.05, 0) is 36.8 Å². The van der Waals surface area contributed by atoms with Gasteiger partial charge < -0.3 is 15.2 Å². The Morgan fingerprint density at radius 3 is 2.62 bits per heavy atom. The van der Waals surface area contributed by atoms with E-state index in [1.807, 2.05) is 11.0 Å². The van der Waals surface area contributed by atoms with Crippen LogP contribution >= 0.6 is 0 Å². The smallest absolute Gasteiger partial charge is 0.251 e. The number of aromatic nitrogens is 1. The molecule has 1 saturated heterocycles. The van der Waals surface area contributed by atoms with Crippen LogP contribution in [0.4, 0.5) is 8.78 Å². The lowest BCUT2D eigenvalue weighted by atomic mass is 9.98.